The first kappa shape index (κ1) is 11.8. The zero-order valence-electron chi connectivity index (χ0n) is 10.0. The lowest BCUT2D eigenvalue weighted by atomic mass is 10.3. The smallest absolute Gasteiger partial charge is 0.264 e. The summed E-state index contributed by atoms with van der Waals surface area (Å²) < 4.78 is 5.54. The molecule has 0 radical (unpaired) electrons. The minimum Gasteiger partial charge on any atom is -0.431 e. The van der Waals surface area contributed by atoms with Crippen LogP contribution in [0.3, 0.4) is 0 Å². The van der Waals surface area contributed by atoms with Crippen LogP contribution in [0.1, 0.15) is 5.69 Å². The molecule has 0 unspecified atom stereocenters. The molecule has 0 aliphatic carbocycles. The highest BCUT2D eigenvalue weighted by atomic mass is 32.2. The normalized spacial score (nSPS) is 11.0. The monoisotopic (exact) mass is 274 g/mol. The van der Waals surface area contributed by atoms with Crippen LogP contribution in [-0.2, 0) is 0 Å². The van der Waals surface area contributed by atoms with Crippen molar-refractivity contribution in [1.82, 2.24) is 15.0 Å². The van der Waals surface area contributed by atoms with Crippen molar-refractivity contribution >= 4 is 28.5 Å². The highest BCUT2D eigenvalue weighted by Crippen LogP contribution is 2.27. The number of aryl methyl sites for hydroxylation is 1. The molecule has 6 nitrogen and oxygen atoms in total. The molecule has 0 aliphatic rings. The fraction of sp³-hybridized carbons (Fsp3) is 0.0833. The van der Waals surface area contributed by atoms with Gasteiger partial charge in [0, 0.05) is 35.3 Å². The van der Waals surface area contributed by atoms with Gasteiger partial charge in [-0.3, -0.25) is 4.79 Å². The maximum Gasteiger partial charge on any atom is 0.264 e. The summed E-state index contributed by atoms with van der Waals surface area (Å²) in [5.41, 5.74) is 8.05. The Bertz CT molecular complexity index is 809. The van der Waals surface area contributed by atoms with Crippen LogP contribution in [0.2, 0.25) is 0 Å². The number of oxazole rings is 1. The van der Waals surface area contributed by atoms with Crippen LogP contribution in [0.5, 0.6) is 0 Å². The van der Waals surface area contributed by atoms with Crippen LogP contribution in [0.25, 0.3) is 11.1 Å². The molecule has 7 heteroatoms. The van der Waals surface area contributed by atoms with Crippen LogP contribution >= 0.6 is 11.8 Å². The molecular weight excluding hydrogens is 264 g/mol. The molecular formula is C12H10N4O2S. The molecule has 0 amide bonds. The fourth-order valence-corrected chi connectivity index (χ4v) is 2.43. The summed E-state index contributed by atoms with van der Waals surface area (Å²) in [7, 11) is 0. The highest BCUT2D eigenvalue weighted by molar-refractivity contribution is 7.98. The van der Waals surface area contributed by atoms with Gasteiger partial charge in [-0.25, -0.2) is 9.97 Å². The predicted octanol–water partition coefficient (Wildman–Crippen LogP) is 1.95. The SMILES string of the molecule is Cc1cc(=O)[nH]c(Sc2nc3ccc(N)cc3o2)n1. The third-order valence-corrected chi connectivity index (χ3v) is 3.16. The molecule has 3 N–H and O–H groups in total. The van der Waals surface area contributed by atoms with E-state index in [4.69, 9.17) is 10.2 Å². The molecule has 0 fully saturated rings. The molecule has 0 saturated heterocycles. The third-order valence-electron chi connectivity index (χ3n) is 2.42. The van der Waals surface area contributed by atoms with Crippen molar-refractivity contribution in [1.29, 1.82) is 0 Å². The lowest BCUT2D eigenvalue weighted by Gasteiger charge is -1.96. The van der Waals surface area contributed by atoms with Gasteiger partial charge >= 0.3 is 0 Å². The number of nitrogens with one attached hydrogen (secondary N) is 1. The molecule has 96 valence electrons. The Balaban J connectivity index is 1.98. The van der Waals surface area contributed by atoms with E-state index in [0.29, 0.717) is 32.9 Å². The number of nitrogen functional groups attached to an aromatic ring is 1. The summed E-state index contributed by atoms with van der Waals surface area (Å²) in [6.45, 7) is 1.76. The van der Waals surface area contributed by atoms with Crippen LogP contribution in [0.4, 0.5) is 5.69 Å². The van der Waals surface area contributed by atoms with Crippen molar-refractivity contribution in [3.05, 3.63) is 40.3 Å². The van der Waals surface area contributed by atoms with Gasteiger partial charge in [0.15, 0.2) is 10.7 Å². The molecule has 19 heavy (non-hydrogen) atoms. The Labute approximate surface area is 112 Å². The summed E-state index contributed by atoms with van der Waals surface area (Å²) in [6, 6.07) is 6.67. The Morgan fingerprint density at radius 2 is 2.16 bits per heavy atom. The number of hydrogen-bond donors (Lipinski definition) is 2. The Hall–Kier alpha value is -2.28. The van der Waals surface area contributed by atoms with Crippen molar-refractivity contribution in [3.63, 3.8) is 0 Å². The first-order valence-corrected chi connectivity index (χ1v) is 6.34. The maximum absolute atomic E-state index is 11.3. The largest absolute Gasteiger partial charge is 0.431 e. The summed E-state index contributed by atoms with van der Waals surface area (Å²) in [6.07, 6.45) is 0. The van der Waals surface area contributed by atoms with E-state index in [2.05, 4.69) is 15.0 Å². The number of H-pyrrole nitrogens is 1. The first-order valence-electron chi connectivity index (χ1n) is 5.52. The molecule has 0 atom stereocenters. The molecule has 2 aromatic heterocycles. The van der Waals surface area contributed by atoms with Crippen molar-refractivity contribution in [2.24, 2.45) is 0 Å². The number of aromatic amines is 1. The highest BCUT2D eigenvalue weighted by Gasteiger charge is 2.09. The van der Waals surface area contributed by atoms with E-state index in [1.165, 1.54) is 6.07 Å². The topological polar surface area (TPSA) is 97.8 Å². The molecule has 3 aromatic rings. The number of benzene rings is 1. The number of nitrogens with two attached hydrogens (primary N) is 1. The van der Waals surface area contributed by atoms with Crippen molar-refractivity contribution in [2.75, 3.05) is 5.73 Å². The van der Waals surface area contributed by atoms with Gasteiger partial charge in [0.2, 0.25) is 0 Å². The summed E-state index contributed by atoms with van der Waals surface area (Å²) in [5.74, 6) is 0. The van der Waals surface area contributed by atoms with Crippen molar-refractivity contribution < 1.29 is 4.42 Å². The number of rotatable bonds is 2. The van der Waals surface area contributed by atoms with Gasteiger partial charge in [-0.2, -0.15) is 0 Å². The average Bonchev–Trinajstić information content (AvgIpc) is 2.68. The van der Waals surface area contributed by atoms with Crippen molar-refractivity contribution in [3.8, 4) is 0 Å². The molecule has 0 saturated carbocycles. The second-order valence-corrected chi connectivity index (χ2v) is 4.94. The zero-order chi connectivity index (χ0) is 13.4. The number of fused-ring (bicyclic) bond motifs is 1. The van der Waals surface area contributed by atoms with E-state index < -0.39 is 0 Å². The van der Waals surface area contributed by atoms with Crippen LogP contribution in [0, 0.1) is 6.92 Å². The Kier molecular flexibility index (Phi) is 2.75. The second kappa shape index (κ2) is 4.43. The third kappa shape index (κ3) is 2.45. The lowest BCUT2D eigenvalue weighted by Crippen LogP contribution is -2.07. The molecule has 2 heterocycles. The van der Waals surface area contributed by atoms with Crippen LogP contribution in [0.15, 0.2) is 43.9 Å². The number of anilines is 1. The number of hydrogen-bond acceptors (Lipinski definition) is 6. The Morgan fingerprint density at radius 3 is 2.95 bits per heavy atom. The average molecular weight is 274 g/mol. The molecule has 0 bridgehead atoms. The minimum atomic E-state index is -0.199. The van der Waals surface area contributed by atoms with Gasteiger partial charge < -0.3 is 15.1 Å². The predicted molar refractivity (Wildman–Crippen MR) is 72.1 cm³/mol. The van der Waals surface area contributed by atoms with E-state index in [9.17, 15) is 4.79 Å². The Morgan fingerprint density at radius 1 is 1.32 bits per heavy atom. The van der Waals surface area contributed by atoms with Gasteiger partial charge in [0.25, 0.3) is 10.8 Å². The van der Waals surface area contributed by atoms with Crippen molar-refractivity contribution in [2.45, 2.75) is 17.3 Å². The molecule has 0 spiro atoms. The summed E-state index contributed by atoms with van der Waals surface area (Å²) in [5, 5.41) is 0.860. The van der Waals surface area contributed by atoms with E-state index in [0.717, 1.165) is 11.8 Å². The van der Waals surface area contributed by atoms with Gasteiger partial charge in [-0.15, -0.1) is 0 Å². The van der Waals surface area contributed by atoms with E-state index >= 15 is 0 Å². The van der Waals surface area contributed by atoms with Gasteiger partial charge in [0.1, 0.15) is 5.52 Å². The van der Waals surface area contributed by atoms with E-state index in [1.807, 2.05) is 0 Å². The number of aromatic nitrogens is 3. The van der Waals surface area contributed by atoms with Gasteiger partial charge in [0.05, 0.1) is 0 Å². The van der Waals surface area contributed by atoms with Gasteiger partial charge in [-0.05, 0) is 19.1 Å². The lowest BCUT2D eigenvalue weighted by molar-refractivity contribution is 0.488. The first-order chi connectivity index (χ1) is 9.10. The summed E-state index contributed by atoms with van der Waals surface area (Å²) >= 11 is 1.16. The van der Waals surface area contributed by atoms with E-state index in [-0.39, 0.29) is 5.56 Å². The van der Waals surface area contributed by atoms with Crippen LogP contribution < -0.4 is 11.3 Å². The zero-order valence-corrected chi connectivity index (χ0v) is 10.8. The second-order valence-electron chi connectivity index (χ2n) is 4.00. The molecule has 0 aliphatic heterocycles. The minimum absolute atomic E-state index is 0.199. The van der Waals surface area contributed by atoms with Gasteiger partial charge in [-0.1, -0.05) is 0 Å². The molecule has 3 rings (SSSR count). The summed E-state index contributed by atoms with van der Waals surface area (Å²) in [4.78, 5) is 22.5. The molecule has 1 aromatic carbocycles. The fourth-order valence-electron chi connectivity index (χ4n) is 1.65. The quantitative estimate of drug-likeness (QED) is 0.547. The number of nitrogens with zero attached hydrogens (tertiary/aromatic N) is 2. The van der Waals surface area contributed by atoms with Crippen LogP contribution in [-0.4, -0.2) is 15.0 Å². The maximum atomic E-state index is 11.3. The van der Waals surface area contributed by atoms with E-state index in [1.54, 1.807) is 25.1 Å². The standard InChI is InChI=1S/C12H10N4O2S/c1-6-4-10(17)16-11(14-6)19-12-15-8-3-2-7(13)5-9(8)18-12/h2-5H,13H2,1H3,(H,14,16,17).